The van der Waals surface area contributed by atoms with Crippen LogP contribution in [-0.2, 0) is 6.61 Å². The number of pyridine rings is 1. The van der Waals surface area contributed by atoms with E-state index in [4.69, 9.17) is 9.72 Å². The molecule has 2 aromatic rings. The standard InChI is InChI=1S/C20H26BrN3O/c1-6-24(5)13-22-18-11-17(21)20(23-19(18)14(2)3)25-12-16-10-8-7-9-15(16)4/h7-11,13-14H,6,12H2,1-5H3. The van der Waals surface area contributed by atoms with E-state index in [9.17, 15) is 0 Å². The van der Waals surface area contributed by atoms with Gasteiger partial charge in [-0.1, -0.05) is 38.1 Å². The monoisotopic (exact) mass is 403 g/mol. The molecule has 5 heteroatoms. The van der Waals surface area contributed by atoms with Crippen LogP contribution in [0.15, 0.2) is 39.8 Å². The van der Waals surface area contributed by atoms with Gasteiger partial charge in [-0.3, -0.25) is 0 Å². The largest absolute Gasteiger partial charge is 0.472 e. The predicted molar refractivity (Wildman–Crippen MR) is 108 cm³/mol. The van der Waals surface area contributed by atoms with Crippen LogP contribution < -0.4 is 4.74 Å². The first-order chi connectivity index (χ1) is 11.9. The van der Waals surface area contributed by atoms with E-state index < -0.39 is 0 Å². The van der Waals surface area contributed by atoms with Crippen LogP contribution in [0.2, 0.25) is 0 Å². The molecular weight excluding hydrogens is 378 g/mol. The van der Waals surface area contributed by atoms with Gasteiger partial charge in [-0.05, 0) is 52.9 Å². The van der Waals surface area contributed by atoms with E-state index in [2.05, 4.69) is 60.8 Å². The van der Waals surface area contributed by atoms with Gasteiger partial charge in [-0.25, -0.2) is 9.98 Å². The smallest absolute Gasteiger partial charge is 0.228 e. The fourth-order valence-corrected chi connectivity index (χ4v) is 2.69. The van der Waals surface area contributed by atoms with E-state index in [0.717, 1.165) is 28.0 Å². The van der Waals surface area contributed by atoms with Crippen molar-refractivity contribution in [2.24, 2.45) is 4.99 Å². The molecule has 0 aliphatic heterocycles. The summed E-state index contributed by atoms with van der Waals surface area (Å²) in [5.41, 5.74) is 4.18. The van der Waals surface area contributed by atoms with Crippen molar-refractivity contribution in [3.8, 4) is 5.88 Å². The van der Waals surface area contributed by atoms with Crippen molar-refractivity contribution < 1.29 is 4.74 Å². The second-order valence-corrected chi connectivity index (χ2v) is 7.22. The van der Waals surface area contributed by atoms with Crippen molar-refractivity contribution >= 4 is 28.0 Å². The second-order valence-electron chi connectivity index (χ2n) is 6.37. The highest BCUT2D eigenvalue weighted by Gasteiger charge is 2.14. The Morgan fingerprint density at radius 2 is 2.04 bits per heavy atom. The van der Waals surface area contributed by atoms with Gasteiger partial charge in [-0.2, -0.15) is 0 Å². The second kappa shape index (κ2) is 8.99. The Morgan fingerprint density at radius 1 is 1.32 bits per heavy atom. The minimum Gasteiger partial charge on any atom is -0.472 e. The summed E-state index contributed by atoms with van der Waals surface area (Å²) in [4.78, 5) is 11.3. The molecule has 134 valence electrons. The number of hydrogen-bond donors (Lipinski definition) is 0. The molecule has 0 saturated carbocycles. The Kier molecular flexibility index (Phi) is 7.00. The molecule has 1 heterocycles. The third-order valence-corrected chi connectivity index (χ3v) is 4.59. The van der Waals surface area contributed by atoms with Crippen LogP contribution in [0.5, 0.6) is 5.88 Å². The Balaban J connectivity index is 2.26. The zero-order valence-electron chi connectivity index (χ0n) is 15.6. The first kappa shape index (κ1) is 19.4. The summed E-state index contributed by atoms with van der Waals surface area (Å²) in [6.45, 7) is 9.81. The first-order valence-corrected chi connectivity index (χ1v) is 9.33. The maximum Gasteiger partial charge on any atom is 0.228 e. The van der Waals surface area contributed by atoms with Crippen molar-refractivity contribution in [1.82, 2.24) is 9.88 Å². The highest BCUT2D eigenvalue weighted by atomic mass is 79.9. The van der Waals surface area contributed by atoms with E-state index >= 15 is 0 Å². The molecule has 2 rings (SSSR count). The topological polar surface area (TPSA) is 37.7 Å². The van der Waals surface area contributed by atoms with Crippen molar-refractivity contribution in [2.75, 3.05) is 13.6 Å². The summed E-state index contributed by atoms with van der Waals surface area (Å²) >= 11 is 3.57. The van der Waals surface area contributed by atoms with Crippen LogP contribution in [-0.4, -0.2) is 29.8 Å². The quantitative estimate of drug-likeness (QED) is 0.454. The molecule has 0 atom stereocenters. The predicted octanol–water partition coefficient (Wildman–Crippen LogP) is 5.47. The lowest BCUT2D eigenvalue weighted by atomic mass is 10.1. The molecular formula is C20H26BrN3O. The fraction of sp³-hybridized carbons (Fsp3) is 0.400. The fourth-order valence-electron chi connectivity index (χ4n) is 2.27. The molecule has 0 aliphatic rings. The van der Waals surface area contributed by atoms with Crippen LogP contribution in [0.25, 0.3) is 0 Å². The zero-order chi connectivity index (χ0) is 18.4. The van der Waals surface area contributed by atoms with Crippen molar-refractivity contribution in [2.45, 2.75) is 40.2 Å². The lowest BCUT2D eigenvalue weighted by Crippen LogP contribution is -2.14. The summed E-state index contributed by atoms with van der Waals surface area (Å²) in [5, 5.41) is 0. The van der Waals surface area contributed by atoms with Gasteiger partial charge in [0.15, 0.2) is 0 Å². The molecule has 0 N–H and O–H groups in total. The highest BCUT2D eigenvalue weighted by Crippen LogP contribution is 2.34. The minimum absolute atomic E-state index is 0.257. The van der Waals surface area contributed by atoms with Crippen molar-refractivity contribution in [3.63, 3.8) is 0 Å². The number of halogens is 1. The van der Waals surface area contributed by atoms with Crippen LogP contribution in [0.4, 0.5) is 5.69 Å². The van der Waals surface area contributed by atoms with Gasteiger partial charge in [0.2, 0.25) is 5.88 Å². The molecule has 0 spiro atoms. The molecule has 0 radical (unpaired) electrons. The molecule has 1 aromatic carbocycles. The Morgan fingerprint density at radius 3 is 2.68 bits per heavy atom. The molecule has 0 fully saturated rings. The average molecular weight is 404 g/mol. The number of benzene rings is 1. The number of rotatable bonds is 7. The maximum atomic E-state index is 5.98. The molecule has 0 saturated heterocycles. The molecule has 1 aromatic heterocycles. The van der Waals surface area contributed by atoms with E-state index in [-0.39, 0.29) is 5.92 Å². The number of aryl methyl sites for hydroxylation is 1. The van der Waals surface area contributed by atoms with Crippen molar-refractivity contribution in [1.29, 1.82) is 0 Å². The van der Waals surface area contributed by atoms with Gasteiger partial charge in [0.25, 0.3) is 0 Å². The van der Waals surface area contributed by atoms with Crippen molar-refractivity contribution in [3.05, 3.63) is 51.6 Å². The summed E-state index contributed by atoms with van der Waals surface area (Å²) in [5.74, 6) is 0.864. The zero-order valence-corrected chi connectivity index (χ0v) is 17.2. The van der Waals surface area contributed by atoms with Gasteiger partial charge in [0.05, 0.1) is 22.2 Å². The van der Waals surface area contributed by atoms with E-state index in [1.54, 1.807) is 0 Å². The SMILES string of the molecule is CCN(C)C=Nc1cc(Br)c(OCc2ccccc2C)nc1C(C)C. The molecule has 0 bridgehead atoms. The van der Waals surface area contributed by atoms with Gasteiger partial charge >= 0.3 is 0 Å². The highest BCUT2D eigenvalue weighted by molar-refractivity contribution is 9.10. The number of ether oxygens (including phenoxy) is 1. The molecule has 4 nitrogen and oxygen atoms in total. The number of aromatic nitrogens is 1. The average Bonchev–Trinajstić information content (AvgIpc) is 2.59. The van der Waals surface area contributed by atoms with Gasteiger partial charge in [-0.15, -0.1) is 0 Å². The van der Waals surface area contributed by atoms with Crippen LogP contribution in [0.3, 0.4) is 0 Å². The van der Waals surface area contributed by atoms with Crippen LogP contribution >= 0.6 is 15.9 Å². The summed E-state index contributed by atoms with van der Waals surface area (Å²) in [6.07, 6.45) is 1.84. The first-order valence-electron chi connectivity index (χ1n) is 8.54. The summed E-state index contributed by atoms with van der Waals surface area (Å²) in [7, 11) is 2.00. The molecule has 25 heavy (non-hydrogen) atoms. The Hall–Kier alpha value is -1.88. The number of hydrogen-bond acceptors (Lipinski definition) is 3. The molecule has 0 unspecified atom stereocenters. The molecule has 0 amide bonds. The lowest BCUT2D eigenvalue weighted by Gasteiger charge is -2.15. The van der Waals surface area contributed by atoms with Gasteiger partial charge < -0.3 is 9.64 Å². The van der Waals surface area contributed by atoms with E-state index in [1.165, 1.54) is 5.56 Å². The summed E-state index contributed by atoms with van der Waals surface area (Å²) in [6, 6.07) is 10.2. The normalized spacial score (nSPS) is 11.3. The molecule has 0 aliphatic carbocycles. The Bertz CT molecular complexity index is 744. The van der Waals surface area contributed by atoms with E-state index in [1.807, 2.05) is 36.5 Å². The third kappa shape index (κ3) is 5.30. The van der Waals surface area contributed by atoms with Gasteiger partial charge in [0.1, 0.15) is 6.61 Å². The minimum atomic E-state index is 0.257. The van der Waals surface area contributed by atoms with Crippen LogP contribution in [0, 0.1) is 6.92 Å². The lowest BCUT2D eigenvalue weighted by molar-refractivity contribution is 0.290. The number of aliphatic imine (C=N–C) groups is 1. The van der Waals surface area contributed by atoms with Crippen LogP contribution in [0.1, 0.15) is 43.5 Å². The Labute approximate surface area is 159 Å². The maximum absolute atomic E-state index is 5.98. The number of nitrogens with zero attached hydrogens (tertiary/aromatic N) is 3. The summed E-state index contributed by atoms with van der Waals surface area (Å²) < 4.78 is 6.79. The van der Waals surface area contributed by atoms with E-state index in [0.29, 0.717) is 12.5 Å². The van der Waals surface area contributed by atoms with Gasteiger partial charge in [0, 0.05) is 13.6 Å². The third-order valence-electron chi connectivity index (χ3n) is 4.02.